The van der Waals surface area contributed by atoms with Gasteiger partial charge in [0.2, 0.25) is 5.91 Å². The van der Waals surface area contributed by atoms with Crippen LogP contribution in [0.1, 0.15) is 17.5 Å². The van der Waals surface area contributed by atoms with Gasteiger partial charge in [-0.3, -0.25) is 4.79 Å². The largest absolute Gasteiger partial charge is 0.497 e. The lowest BCUT2D eigenvalue weighted by Gasteiger charge is -2.23. The number of rotatable bonds is 7. The first-order valence-electron chi connectivity index (χ1n) is 8.12. The van der Waals surface area contributed by atoms with Crippen LogP contribution in [0.25, 0.3) is 0 Å². The van der Waals surface area contributed by atoms with E-state index in [0.717, 1.165) is 23.2 Å². The fourth-order valence-corrected chi connectivity index (χ4v) is 2.85. The minimum absolute atomic E-state index is 0.0618. The van der Waals surface area contributed by atoms with E-state index in [-0.39, 0.29) is 17.7 Å². The van der Waals surface area contributed by atoms with E-state index in [2.05, 4.69) is 0 Å². The maximum atomic E-state index is 12.7. The first-order valence-corrected chi connectivity index (χ1v) is 8.12. The summed E-state index contributed by atoms with van der Waals surface area (Å²) in [5, 5.41) is 0. The van der Waals surface area contributed by atoms with Crippen LogP contribution in [0.5, 0.6) is 5.75 Å². The van der Waals surface area contributed by atoms with Crippen molar-refractivity contribution in [3.05, 3.63) is 65.7 Å². The molecule has 1 aliphatic rings. The fourth-order valence-electron chi connectivity index (χ4n) is 2.85. The molecule has 1 amide bonds. The SMILES string of the molecule is COc1ccc(CN(Cc2ccccc2)C(=O)[C@@H]2C[C@H]2C=O)cc1. The van der Waals surface area contributed by atoms with Crippen molar-refractivity contribution in [2.75, 3.05) is 7.11 Å². The lowest BCUT2D eigenvalue weighted by molar-refractivity contribution is -0.134. The second-order valence-electron chi connectivity index (χ2n) is 6.17. The van der Waals surface area contributed by atoms with Gasteiger partial charge in [-0.05, 0) is 29.7 Å². The minimum atomic E-state index is -0.149. The van der Waals surface area contributed by atoms with E-state index in [1.165, 1.54) is 0 Å². The summed E-state index contributed by atoms with van der Waals surface area (Å²) in [6, 6.07) is 17.6. The number of nitrogens with zero attached hydrogens (tertiary/aromatic N) is 1. The van der Waals surface area contributed by atoms with E-state index in [9.17, 15) is 9.59 Å². The zero-order valence-electron chi connectivity index (χ0n) is 13.7. The number of carbonyl (C=O) groups is 2. The van der Waals surface area contributed by atoms with Crippen molar-refractivity contribution < 1.29 is 14.3 Å². The molecule has 0 unspecified atom stereocenters. The smallest absolute Gasteiger partial charge is 0.227 e. The van der Waals surface area contributed by atoms with E-state index < -0.39 is 0 Å². The molecule has 0 radical (unpaired) electrons. The van der Waals surface area contributed by atoms with E-state index >= 15 is 0 Å². The van der Waals surface area contributed by atoms with Crippen molar-refractivity contribution in [1.82, 2.24) is 4.90 Å². The van der Waals surface area contributed by atoms with Crippen LogP contribution in [0.4, 0.5) is 0 Å². The number of ether oxygens (including phenoxy) is 1. The monoisotopic (exact) mass is 323 g/mol. The van der Waals surface area contributed by atoms with Gasteiger partial charge in [0.15, 0.2) is 0 Å². The maximum absolute atomic E-state index is 12.7. The van der Waals surface area contributed by atoms with Gasteiger partial charge in [0.05, 0.1) is 7.11 Å². The average molecular weight is 323 g/mol. The summed E-state index contributed by atoms with van der Waals surface area (Å²) in [5.41, 5.74) is 2.13. The summed E-state index contributed by atoms with van der Waals surface area (Å²) < 4.78 is 5.17. The van der Waals surface area contributed by atoms with E-state index in [1.54, 1.807) is 7.11 Å². The third-order valence-electron chi connectivity index (χ3n) is 4.39. The highest BCUT2D eigenvalue weighted by molar-refractivity contribution is 5.86. The third kappa shape index (κ3) is 3.82. The molecule has 4 nitrogen and oxygen atoms in total. The third-order valence-corrected chi connectivity index (χ3v) is 4.39. The Balaban J connectivity index is 1.75. The molecule has 0 bridgehead atoms. The molecule has 3 rings (SSSR count). The molecule has 2 aromatic rings. The van der Waals surface area contributed by atoms with Gasteiger partial charge in [0.1, 0.15) is 12.0 Å². The van der Waals surface area contributed by atoms with Crippen LogP contribution in [0, 0.1) is 11.8 Å². The van der Waals surface area contributed by atoms with Crippen LogP contribution in [-0.2, 0) is 22.7 Å². The lowest BCUT2D eigenvalue weighted by atomic mass is 10.1. The molecular formula is C20H21NO3. The Morgan fingerprint density at radius 1 is 1.08 bits per heavy atom. The Hall–Kier alpha value is -2.62. The van der Waals surface area contributed by atoms with Gasteiger partial charge < -0.3 is 14.4 Å². The van der Waals surface area contributed by atoms with Gasteiger partial charge in [-0.2, -0.15) is 0 Å². The van der Waals surface area contributed by atoms with E-state index in [4.69, 9.17) is 4.74 Å². The zero-order chi connectivity index (χ0) is 16.9. The molecule has 0 saturated heterocycles. The maximum Gasteiger partial charge on any atom is 0.227 e. The predicted octanol–water partition coefficient (Wildman–Crippen LogP) is 3.06. The van der Waals surface area contributed by atoms with Crippen LogP contribution >= 0.6 is 0 Å². The number of amides is 1. The zero-order valence-corrected chi connectivity index (χ0v) is 13.7. The molecule has 124 valence electrons. The van der Waals surface area contributed by atoms with E-state index in [1.807, 2.05) is 59.5 Å². The second-order valence-corrected chi connectivity index (χ2v) is 6.17. The Kier molecular flexibility index (Phi) is 4.94. The molecule has 0 aliphatic heterocycles. The van der Waals surface area contributed by atoms with Crippen molar-refractivity contribution in [2.24, 2.45) is 11.8 Å². The molecular weight excluding hydrogens is 302 g/mol. The Bertz CT molecular complexity index is 697. The number of carbonyl (C=O) groups excluding carboxylic acids is 2. The van der Waals surface area contributed by atoms with Crippen molar-refractivity contribution in [2.45, 2.75) is 19.5 Å². The molecule has 24 heavy (non-hydrogen) atoms. The average Bonchev–Trinajstić information content (AvgIpc) is 3.42. The number of benzene rings is 2. The highest BCUT2D eigenvalue weighted by Gasteiger charge is 2.44. The topological polar surface area (TPSA) is 46.6 Å². The molecule has 0 spiro atoms. The molecule has 1 fully saturated rings. The molecule has 0 N–H and O–H groups in total. The number of hydrogen-bond acceptors (Lipinski definition) is 3. The first-order chi connectivity index (χ1) is 11.7. The standard InChI is InChI=1S/C20H21NO3/c1-24-18-9-7-16(8-10-18)13-21(12-15-5-3-2-4-6-15)20(23)19-11-17(19)14-22/h2-10,14,17,19H,11-13H2,1H3/t17-,19+/m0/s1. The van der Waals surface area contributed by atoms with Crippen LogP contribution in [-0.4, -0.2) is 24.2 Å². The molecule has 1 saturated carbocycles. The molecule has 0 heterocycles. The van der Waals surface area contributed by atoms with Crippen LogP contribution in [0.15, 0.2) is 54.6 Å². The molecule has 2 aromatic carbocycles. The summed E-state index contributed by atoms with van der Waals surface area (Å²) in [6.45, 7) is 1.08. The predicted molar refractivity (Wildman–Crippen MR) is 91.4 cm³/mol. The lowest BCUT2D eigenvalue weighted by Crippen LogP contribution is -2.32. The summed E-state index contributed by atoms with van der Waals surface area (Å²) >= 11 is 0. The Labute approximate surface area is 142 Å². The van der Waals surface area contributed by atoms with Gasteiger partial charge in [-0.1, -0.05) is 42.5 Å². The van der Waals surface area contributed by atoms with Crippen molar-refractivity contribution in [3.63, 3.8) is 0 Å². The fraction of sp³-hybridized carbons (Fsp3) is 0.300. The number of aldehydes is 1. The van der Waals surface area contributed by atoms with Crippen LogP contribution in [0.3, 0.4) is 0 Å². The number of hydrogen-bond donors (Lipinski definition) is 0. The molecule has 0 aromatic heterocycles. The summed E-state index contributed by atoms with van der Waals surface area (Å²) in [7, 11) is 1.63. The van der Waals surface area contributed by atoms with Crippen LogP contribution in [0.2, 0.25) is 0 Å². The van der Waals surface area contributed by atoms with Gasteiger partial charge in [-0.15, -0.1) is 0 Å². The van der Waals surface area contributed by atoms with Crippen LogP contribution < -0.4 is 4.74 Å². The molecule has 1 aliphatic carbocycles. The van der Waals surface area contributed by atoms with Gasteiger partial charge in [0.25, 0.3) is 0 Å². The van der Waals surface area contributed by atoms with Gasteiger partial charge in [-0.25, -0.2) is 0 Å². The van der Waals surface area contributed by atoms with Crippen molar-refractivity contribution >= 4 is 12.2 Å². The van der Waals surface area contributed by atoms with Gasteiger partial charge >= 0.3 is 0 Å². The summed E-state index contributed by atoms with van der Waals surface area (Å²) in [4.78, 5) is 25.5. The highest BCUT2D eigenvalue weighted by Crippen LogP contribution is 2.38. The minimum Gasteiger partial charge on any atom is -0.497 e. The number of methoxy groups -OCH3 is 1. The molecule has 4 heteroatoms. The normalized spacial score (nSPS) is 18.7. The summed E-state index contributed by atoms with van der Waals surface area (Å²) in [5.74, 6) is 0.603. The van der Waals surface area contributed by atoms with E-state index in [0.29, 0.717) is 19.5 Å². The summed E-state index contributed by atoms with van der Waals surface area (Å²) in [6.07, 6.45) is 1.58. The van der Waals surface area contributed by atoms with Gasteiger partial charge in [0, 0.05) is 24.9 Å². The first kappa shape index (κ1) is 16.2. The highest BCUT2D eigenvalue weighted by atomic mass is 16.5. The molecule has 2 atom stereocenters. The Morgan fingerprint density at radius 3 is 2.25 bits per heavy atom. The Morgan fingerprint density at radius 2 is 1.71 bits per heavy atom. The quantitative estimate of drug-likeness (QED) is 0.736. The van der Waals surface area contributed by atoms with Crippen molar-refractivity contribution in [1.29, 1.82) is 0 Å². The van der Waals surface area contributed by atoms with Crippen molar-refractivity contribution in [3.8, 4) is 5.75 Å². The second kappa shape index (κ2) is 7.30.